The molecule has 0 heterocycles. The lowest BCUT2D eigenvalue weighted by Gasteiger charge is -2.12. The fraction of sp³-hybridized carbons (Fsp3) is 0.0714. The Labute approximate surface area is 120 Å². The van der Waals surface area contributed by atoms with Crippen molar-refractivity contribution in [2.45, 2.75) is 6.92 Å². The van der Waals surface area contributed by atoms with Crippen LogP contribution in [0, 0.1) is 5.82 Å². The van der Waals surface area contributed by atoms with Crippen LogP contribution in [0.5, 0.6) is 0 Å². The summed E-state index contributed by atoms with van der Waals surface area (Å²) in [5.74, 6) is -0.743. The molecule has 0 aromatic heterocycles. The van der Waals surface area contributed by atoms with Gasteiger partial charge in [-0.3, -0.25) is 4.79 Å². The Balaban J connectivity index is 2.60. The molecular formula is C14H10Cl2FNO. The van der Waals surface area contributed by atoms with E-state index in [1.54, 1.807) is 24.3 Å². The van der Waals surface area contributed by atoms with Crippen LogP contribution in [0.1, 0.15) is 6.92 Å². The molecule has 2 aromatic rings. The molecule has 0 unspecified atom stereocenters. The second-order valence-electron chi connectivity index (χ2n) is 4.00. The third-order valence-corrected chi connectivity index (χ3v) is 3.06. The van der Waals surface area contributed by atoms with Crippen molar-refractivity contribution in [3.63, 3.8) is 0 Å². The zero-order valence-electron chi connectivity index (χ0n) is 10.0. The lowest BCUT2D eigenvalue weighted by atomic mass is 10.0. The summed E-state index contributed by atoms with van der Waals surface area (Å²) in [6.45, 7) is 1.37. The van der Waals surface area contributed by atoms with Crippen molar-refractivity contribution in [1.29, 1.82) is 0 Å². The molecule has 0 saturated heterocycles. The molecule has 98 valence electrons. The third kappa shape index (κ3) is 3.25. The summed E-state index contributed by atoms with van der Waals surface area (Å²) in [6.07, 6.45) is 0. The van der Waals surface area contributed by atoms with E-state index in [1.165, 1.54) is 13.0 Å². The van der Waals surface area contributed by atoms with Gasteiger partial charge in [0.25, 0.3) is 0 Å². The molecule has 1 N–H and O–H groups in total. The molecule has 2 rings (SSSR count). The van der Waals surface area contributed by atoms with Gasteiger partial charge in [-0.15, -0.1) is 0 Å². The summed E-state index contributed by atoms with van der Waals surface area (Å²) in [6, 6.07) is 9.32. The van der Waals surface area contributed by atoms with Crippen molar-refractivity contribution in [2.24, 2.45) is 0 Å². The van der Waals surface area contributed by atoms with Crippen LogP contribution in [0.3, 0.4) is 0 Å². The summed E-state index contributed by atoms with van der Waals surface area (Å²) in [7, 11) is 0. The molecule has 2 aromatic carbocycles. The van der Waals surface area contributed by atoms with Crippen molar-refractivity contribution < 1.29 is 9.18 Å². The maximum atomic E-state index is 13.5. The van der Waals surface area contributed by atoms with Crippen molar-refractivity contribution in [3.05, 3.63) is 52.3 Å². The monoisotopic (exact) mass is 297 g/mol. The number of rotatable bonds is 2. The summed E-state index contributed by atoms with van der Waals surface area (Å²) >= 11 is 11.8. The maximum Gasteiger partial charge on any atom is 0.221 e. The zero-order chi connectivity index (χ0) is 14.0. The van der Waals surface area contributed by atoms with Crippen LogP contribution in [0.2, 0.25) is 10.0 Å². The number of halogens is 3. The van der Waals surface area contributed by atoms with Gasteiger partial charge in [0.2, 0.25) is 5.91 Å². The largest absolute Gasteiger partial charge is 0.325 e. The van der Waals surface area contributed by atoms with Gasteiger partial charge in [0.1, 0.15) is 5.82 Å². The Hall–Kier alpha value is -1.58. The minimum atomic E-state index is -0.468. The molecule has 5 heteroatoms. The Morgan fingerprint density at radius 2 is 1.79 bits per heavy atom. The van der Waals surface area contributed by atoms with E-state index in [9.17, 15) is 9.18 Å². The first-order valence-corrected chi connectivity index (χ1v) is 6.25. The average molecular weight is 298 g/mol. The number of benzene rings is 2. The van der Waals surface area contributed by atoms with Gasteiger partial charge in [-0.2, -0.15) is 0 Å². The number of anilines is 1. The average Bonchev–Trinajstić information content (AvgIpc) is 2.33. The Morgan fingerprint density at radius 1 is 1.16 bits per heavy atom. The fourth-order valence-corrected chi connectivity index (χ4v) is 2.11. The van der Waals surface area contributed by atoms with Gasteiger partial charge in [-0.25, -0.2) is 4.39 Å². The van der Waals surface area contributed by atoms with E-state index in [0.29, 0.717) is 16.3 Å². The molecule has 0 aliphatic rings. The predicted molar refractivity (Wildman–Crippen MR) is 76.2 cm³/mol. The van der Waals surface area contributed by atoms with E-state index >= 15 is 0 Å². The van der Waals surface area contributed by atoms with Gasteiger partial charge >= 0.3 is 0 Å². The second-order valence-corrected chi connectivity index (χ2v) is 4.84. The lowest BCUT2D eigenvalue weighted by molar-refractivity contribution is -0.114. The van der Waals surface area contributed by atoms with Crippen LogP contribution >= 0.6 is 23.2 Å². The van der Waals surface area contributed by atoms with E-state index in [4.69, 9.17) is 23.2 Å². The molecule has 19 heavy (non-hydrogen) atoms. The first-order valence-electron chi connectivity index (χ1n) is 5.50. The minimum Gasteiger partial charge on any atom is -0.325 e. The van der Waals surface area contributed by atoms with Crippen molar-refractivity contribution >= 4 is 34.8 Å². The smallest absolute Gasteiger partial charge is 0.221 e. The Kier molecular flexibility index (Phi) is 4.08. The number of carbonyl (C=O) groups excluding carboxylic acids is 1. The highest BCUT2D eigenvalue weighted by Crippen LogP contribution is 2.35. The van der Waals surface area contributed by atoms with Gasteiger partial charge in [0.05, 0.1) is 10.7 Å². The summed E-state index contributed by atoms with van der Waals surface area (Å²) in [5, 5.41) is 3.34. The SMILES string of the molecule is CC(=O)Nc1c(Cl)cc(F)cc1-c1ccc(Cl)cc1. The zero-order valence-corrected chi connectivity index (χ0v) is 11.5. The van der Waals surface area contributed by atoms with Crippen LogP contribution < -0.4 is 5.32 Å². The molecule has 0 fully saturated rings. The lowest BCUT2D eigenvalue weighted by Crippen LogP contribution is -2.08. The topological polar surface area (TPSA) is 29.1 Å². The molecule has 0 atom stereocenters. The standard InChI is InChI=1S/C14H10Cl2FNO/c1-8(19)18-14-12(6-11(17)7-13(14)16)9-2-4-10(15)5-3-9/h2-7H,1H3,(H,18,19). The van der Waals surface area contributed by atoms with Crippen LogP contribution in [-0.2, 0) is 4.79 Å². The molecule has 0 radical (unpaired) electrons. The van der Waals surface area contributed by atoms with Crippen molar-refractivity contribution in [2.75, 3.05) is 5.32 Å². The van der Waals surface area contributed by atoms with Gasteiger partial charge in [0, 0.05) is 17.5 Å². The highest BCUT2D eigenvalue weighted by atomic mass is 35.5. The van der Waals surface area contributed by atoms with Crippen molar-refractivity contribution in [1.82, 2.24) is 0 Å². The number of carbonyl (C=O) groups is 1. The first kappa shape index (κ1) is 13.8. The molecular weight excluding hydrogens is 288 g/mol. The van der Waals surface area contributed by atoms with E-state index in [-0.39, 0.29) is 10.9 Å². The predicted octanol–water partition coefficient (Wildman–Crippen LogP) is 4.76. The van der Waals surface area contributed by atoms with Gasteiger partial charge < -0.3 is 5.32 Å². The molecule has 0 spiro atoms. The van der Waals surface area contributed by atoms with Gasteiger partial charge in [-0.05, 0) is 29.8 Å². The molecule has 0 aliphatic carbocycles. The van der Waals surface area contributed by atoms with Gasteiger partial charge in [0.15, 0.2) is 0 Å². The highest BCUT2D eigenvalue weighted by molar-refractivity contribution is 6.34. The van der Waals surface area contributed by atoms with Crippen LogP contribution in [-0.4, -0.2) is 5.91 Å². The highest BCUT2D eigenvalue weighted by Gasteiger charge is 2.13. The van der Waals surface area contributed by atoms with Crippen LogP contribution in [0.25, 0.3) is 11.1 Å². The summed E-state index contributed by atoms with van der Waals surface area (Å²) < 4.78 is 13.5. The Bertz CT molecular complexity index is 626. The number of hydrogen-bond donors (Lipinski definition) is 1. The van der Waals surface area contributed by atoms with Crippen LogP contribution in [0.15, 0.2) is 36.4 Å². The molecule has 1 amide bonds. The minimum absolute atomic E-state index is 0.153. The second kappa shape index (κ2) is 5.59. The van der Waals surface area contributed by atoms with E-state index in [2.05, 4.69) is 5.32 Å². The fourth-order valence-electron chi connectivity index (χ4n) is 1.73. The number of nitrogens with one attached hydrogen (secondary N) is 1. The maximum absolute atomic E-state index is 13.5. The molecule has 2 nitrogen and oxygen atoms in total. The number of hydrogen-bond acceptors (Lipinski definition) is 1. The van der Waals surface area contributed by atoms with Crippen molar-refractivity contribution in [3.8, 4) is 11.1 Å². The summed E-state index contributed by atoms with van der Waals surface area (Å²) in [4.78, 5) is 11.2. The molecule has 0 saturated carbocycles. The van der Waals surface area contributed by atoms with E-state index < -0.39 is 5.82 Å². The first-order chi connectivity index (χ1) is 8.97. The third-order valence-electron chi connectivity index (χ3n) is 2.51. The van der Waals surface area contributed by atoms with Crippen LogP contribution in [0.4, 0.5) is 10.1 Å². The summed E-state index contributed by atoms with van der Waals surface area (Å²) in [5.41, 5.74) is 1.62. The van der Waals surface area contributed by atoms with Gasteiger partial charge in [-0.1, -0.05) is 35.3 Å². The number of amides is 1. The normalized spacial score (nSPS) is 10.3. The quantitative estimate of drug-likeness (QED) is 0.851. The van der Waals surface area contributed by atoms with E-state index in [1.807, 2.05) is 0 Å². The molecule has 0 aliphatic heterocycles. The Morgan fingerprint density at radius 3 is 2.37 bits per heavy atom. The molecule has 0 bridgehead atoms. The van der Waals surface area contributed by atoms with E-state index in [0.717, 1.165) is 11.6 Å².